The van der Waals surface area contributed by atoms with E-state index < -0.39 is 0 Å². The van der Waals surface area contributed by atoms with Gasteiger partial charge in [0.2, 0.25) is 0 Å². The predicted octanol–water partition coefficient (Wildman–Crippen LogP) is 3.35. The maximum Gasteiger partial charge on any atom is 0.143 e. The molecule has 2 aromatic carbocycles. The normalized spacial score (nSPS) is 11.4. The third kappa shape index (κ3) is 4.36. The van der Waals surface area contributed by atoms with Gasteiger partial charge >= 0.3 is 0 Å². The number of amidine groups is 1. The molecular formula is C15H14ClFN2O2. The van der Waals surface area contributed by atoms with E-state index in [0.29, 0.717) is 22.8 Å². The van der Waals surface area contributed by atoms with Gasteiger partial charge in [0.15, 0.2) is 0 Å². The van der Waals surface area contributed by atoms with Crippen LogP contribution in [0.15, 0.2) is 47.6 Å². The van der Waals surface area contributed by atoms with Crippen LogP contribution in [0.1, 0.15) is 11.1 Å². The molecule has 0 heterocycles. The molecule has 2 aromatic rings. The molecule has 0 spiro atoms. The molecule has 0 aliphatic heterocycles. The zero-order valence-corrected chi connectivity index (χ0v) is 11.8. The van der Waals surface area contributed by atoms with E-state index in [4.69, 9.17) is 27.3 Å². The van der Waals surface area contributed by atoms with Gasteiger partial charge in [-0.25, -0.2) is 4.39 Å². The Morgan fingerprint density at radius 2 is 1.95 bits per heavy atom. The van der Waals surface area contributed by atoms with E-state index in [1.54, 1.807) is 24.3 Å². The molecule has 0 aliphatic carbocycles. The quantitative estimate of drug-likeness (QED) is 0.385. The van der Waals surface area contributed by atoms with Crippen molar-refractivity contribution in [1.82, 2.24) is 0 Å². The van der Waals surface area contributed by atoms with Crippen LogP contribution in [-0.2, 0) is 13.0 Å². The number of halogens is 2. The molecule has 0 radical (unpaired) electrons. The Bertz CT molecular complexity index is 645. The van der Waals surface area contributed by atoms with Gasteiger partial charge in [-0.3, -0.25) is 0 Å². The van der Waals surface area contributed by atoms with Crippen molar-refractivity contribution in [2.75, 3.05) is 0 Å². The van der Waals surface area contributed by atoms with Crippen molar-refractivity contribution in [3.8, 4) is 5.75 Å². The molecule has 0 saturated heterocycles. The first-order valence-corrected chi connectivity index (χ1v) is 6.58. The van der Waals surface area contributed by atoms with Gasteiger partial charge in [0.05, 0.1) is 0 Å². The number of nitrogens with zero attached hydrogens (tertiary/aromatic N) is 1. The smallest absolute Gasteiger partial charge is 0.143 e. The molecule has 0 unspecified atom stereocenters. The summed E-state index contributed by atoms with van der Waals surface area (Å²) in [6, 6.07) is 11.4. The summed E-state index contributed by atoms with van der Waals surface area (Å²) < 4.78 is 19.0. The summed E-state index contributed by atoms with van der Waals surface area (Å²) in [5.41, 5.74) is 6.70. The molecule has 0 saturated carbocycles. The van der Waals surface area contributed by atoms with Crippen LogP contribution < -0.4 is 10.5 Å². The lowest BCUT2D eigenvalue weighted by Gasteiger charge is -2.08. The second-order valence-corrected chi connectivity index (χ2v) is 4.87. The summed E-state index contributed by atoms with van der Waals surface area (Å²) >= 11 is 5.82. The van der Waals surface area contributed by atoms with Crippen LogP contribution in [0.2, 0.25) is 5.02 Å². The number of nitrogens with two attached hydrogens (primary N) is 1. The van der Waals surface area contributed by atoms with Crippen molar-refractivity contribution >= 4 is 17.4 Å². The van der Waals surface area contributed by atoms with E-state index in [1.165, 1.54) is 18.2 Å². The molecule has 2 rings (SSSR count). The lowest BCUT2D eigenvalue weighted by Crippen LogP contribution is -2.14. The standard InChI is InChI=1S/C15H14ClFN2O2/c16-12-3-6-14(17)11(8-12)9-21-13-4-1-10(2-5-13)7-15(18)19-20/h1-6,8,20H,7,9H2,(H2,18,19). The van der Waals surface area contributed by atoms with Gasteiger partial charge in [-0.05, 0) is 35.9 Å². The van der Waals surface area contributed by atoms with Crippen molar-refractivity contribution in [3.63, 3.8) is 0 Å². The molecular weight excluding hydrogens is 295 g/mol. The van der Waals surface area contributed by atoms with Crippen LogP contribution in [0.4, 0.5) is 4.39 Å². The Labute approximate surface area is 126 Å². The van der Waals surface area contributed by atoms with Gasteiger partial charge in [0.25, 0.3) is 0 Å². The summed E-state index contributed by atoms with van der Waals surface area (Å²) in [4.78, 5) is 0. The zero-order chi connectivity index (χ0) is 15.2. The highest BCUT2D eigenvalue weighted by Crippen LogP contribution is 2.18. The summed E-state index contributed by atoms with van der Waals surface area (Å²) in [5, 5.41) is 11.9. The molecule has 0 aliphatic rings. The lowest BCUT2D eigenvalue weighted by molar-refractivity contribution is 0.300. The van der Waals surface area contributed by atoms with E-state index in [9.17, 15) is 4.39 Å². The van der Waals surface area contributed by atoms with E-state index >= 15 is 0 Å². The number of hydrogen-bond donors (Lipinski definition) is 2. The highest BCUT2D eigenvalue weighted by Gasteiger charge is 2.04. The van der Waals surface area contributed by atoms with Crippen LogP contribution in [0.5, 0.6) is 5.75 Å². The Morgan fingerprint density at radius 3 is 2.62 bits per heavy atom. The van der Waals surface area contributed by atoms with Crippen LogP contribution >= 0.6 is 11.6 Å². The second kappa shape index (κ2) is 6.95. The molecule has 0 aromatic heterocycles. The first kappa shape index (κ1) is 15.1. The third-order valence-electron chi connectivity index (χ3n) is 2.84. The number of hydrogen-bond acceptors (Lipinski definition) is 3. The molecule has 6 heteroatoms. The van der Waals surface area contributed by atoms with Crippen molar-refractivity contribution in [2.24, 2.45) is 10.9 Å². The highest BCUT2D eigenvalue weighted by atomic mass is 35.5. The van der Waals surface area contributed by atoms with Crippen molar-refractivity contribution in [1.29, 1.82) is 0 Å². The monoisotopic (exact) mass is 308 g/mol. The number of ether oxygens (including phenoxy) is 1. The first-order valence-electron chi connectivity index (χ1n) is 6.20. The van der Waals surface area contributed by atoms with Gasteiger partial charge in [-0.1, -0.05) is 28.9 Å². The molecule has 0 fully saturated rings. The van der Waals surface area contributed by atoms with Crippen LogP contribution in [-0.4, -0.2) is 11.0 Å². The lowest BCUT2D eigenvalue weighted by atomic mass is 10.1. The number of oxime groups is 1. The Morgan fingerprint density at radius 1 is 1.24 bits per heavy atom. The average molecular weight is 309 g/mol. The summed E-state index contributed by atoms with van der Waals surface area (Å²) in [5.74, 6) is 0.366. The molecule has 110 valence electrons. The molecule has 4 nitrogen and oxygen atoms in total. The van der Waals surface area contributed by atoms with Gasteiger partial charge in [-0.15, -0.1) is 0 Å². The van der Waals surface area contributed by atoms with Crippen LogP contribution in [0.3, 0.4) is 0 Å². The van der Waals surface area contributed by atoms with E-state index in [-0.39, 0.29) is 18.3 Å². The Kier molecular flexibility index (Phi) is 5.00. The average Bonchev–Trinajstić information content (AvgIpc) is 2.49. The van der Waals surface area contributed by atoms with E-state index in [0.717, 1.165) is 5.56 Å². The second-order valence-electron chi connectivity index (χ2n) is 4.44. The Balaban J connectivity index is 1.99. The first-order chi connectivity index (χ1) is 10.1. The minimum absolute atomic E-state index is 0.0893. The Hall–Kier alpha value is -2.27. The maximum absolute atomic E-state index is 13.5. The molecule has 0 atom stereocenters. The molecule has 3 N–H and O–H groups in total. The minimum atomic E-state index is -0.358. The topological polar surface area (TPSA) is 67.8 Å². The highest BCUT2D eigenvalue weighted by molar-refractivity contribution is 6.30. The van der Waals surface area contributed by atoms with Crippen molar-refractivity contribution in [3.05, 3.63) is 64.4 Å². The van der Waals surface area contributed by atoms with E-state index in [2.05, 4.69) is 5.16 Å². The summed E-state index contributed by atoms with van der Waals surface area (Å²) in [6.07, 6.45) is 0.347. The summed E-state index contributed by atoms with van der Waals surface area (Å²) in [6.45, 7) is 0.0893. The fourth-order valence-corrected chi connectivity index (χ4v) is 1.96. The molecule has 0 bridgehead atoms. The van der Waals surface area contributed by atoms with Gasteiger partial charge in [0.1, 0.15) is 24.0 Å². The van der Waals surface area contributed by atoms with E-state index in [1.807, 2.05) is 0 Å². The summed E-state index contributed by atoms with van der Waals surface area (Å²) in [7, 11) is 0. The predicted molar refractivity (Wildman–Crippen MR) is 79.3 cm³/mol. The van der Waals surface area contributed by atoms with Crippen molar-refractivity contribution < 1.29 is 14.3 Å². The number of rotatable bonds is 5. The van der Waals surface area contributed by atoms with Gasteiger partial charge in [-0.2, -0.15) is 0 Å². The third-order valence-corrected chi connectivity index (χ3v) is 3.07. The van der Waals surface area contributed by atoms with Gasteiger partial charge < -0.3 is 15.7 Å². The SMILES string of the molecule is N/C(Cc1ccc(OCc2cc(Cl)ccc2F)cc1)=N/O. The molecule has 21 heavy (non-hydrogen) atoms. The van der Waals surface area contributed by atoms with Gasteiger partial charge in [0, 0.05) is 17.0 Å². The van der Waals surface area contributed by atoms with Crippen LogP contribution in [0.25, 0.3) is 0 Å². The van der Waals surface area contributed by atoms with Crippen LogP contribution in [0, 0.1) is 5.82 Å². The number of benzene rings is 2. The minimum Gasteiger partial charge on any atom is -0.489 e. The largest absolute Gasteiger partial charge is 0.489 e. The van der Waals surface area contributed by atoms with Crippen molar-refractivity contribution in [2.45, 2.75) is 13.0 Å². The maximum atomic E-state index is 13.5. The fraction of sp³-hybridized carbons (Fsp3) is 0.133. The molecule has 0 amide bonds. The zero-order valence-electron chi connectivity index (χ0n) is 11.1. The fourth-order valence-electron chi connectivity index (χ4n) is 1.76.